The molecule has 0 aliphatic rings. The molecule has 0 amide bonds. The van der Waals surface area contributed by atoms with Crippen molar-refractivity contribution in [2.75, 3.05) is 13.2 Å². The van der Waals surface area contributed by atoms with Crippen molar-refractivity contribution < 1.29 is 28.6 Å². The molecule has 75 heavy (non-hydrogen) atoms. The van der Waals surface area contributed by atoms with Crippen LogP contribution < -0.4 is 0 Å². The van der Waals surface area contributed by atoms with Gasteiger partial charge in [-0.05, 0) is 70.6 Å². The predicted molar refractivity (Wildman–Crippen MR) is 326 cm³/mol. The molecule has 6 nitrogen and oxygen atoms in total. The summed E-state index contributed by atoms with van der Waals surface area (Å²) in [4.78, 5) is 38.2. The summed E-state index contributed by atoms with van der Waals surface area (Å²) >= 11 is 0. The first-order valence-electron chi connectivity index (χ1n) is 33.8. The molecule has 0 spiro atoms. The molecular formula is C69H130O6. The second kappa shape index (κ2) is 64.4. The Kier molecular flexibility index (Phi) is 62.6. The normalized spacial score (nSPS) is 12.1. The van der Waals surface area contributed by atoms with Crippen LogP contribution in [0.3, 0.4) is 0 Å². The van der Waals surface area contributed by atoms with Crippen molar-refractivity contribution in [3.05, 3.63) is 24.3 Å². The number of hydrogen-bond donors (Lipinski definition) is 0. The zero-order valence-electron chi connectivity index (χ0n) is 50.8. The number of hydrogen-bond acceptors (Lipinski definition) is 6. The Morgan fingerprint density at radius 2 is 0.440 bits per heavy atom. The van der Waals surface area contributed by atoms with Gasteiger partial charge in [0.2, 0.25) is 0 Å². The van der Waals surface area contributed by atoms with Gasteiger partial charge < -0.3 is 14.2 Å². The maximum absolute atomic E-state index is 12.9. The van der Waals surface area contributed by atoms with Crippen LogP contribution in [0.4, 0.5) is 0 Å². The molecule has 0 aliphatic carbocycles. The van der Waals surface area contributed by atoms with Crippen LogP contribution in [0.15, 0.2) is 24.3 Å². The summed E-state index contributed by atoms with van der Waals surface area (Å²) in [5.41, 5.74) is 0. The van der Waals surface area contributed by atoms with E-state index in [9.17, 15) is 14.4 Å². The third-order valence-corrected chi connectivity index (χ3v) is 15.4. The second-order valence-electron chi connectivity index (χ2n) is 23.1. The van der Waals surface area contributed by atoms with Crippen LogP contribution in [0.1, 0.15) is 380 Å². The summed E-state index contributed by atoms with van der Waals surface area (Å²) < 4.78 is 16.9. The SMILES string of the molecule is CCCCCC/C=C\CCCCCCCC(=O)OC(COC(=O)CCCCCCCCCCCCCCC)COC(=O)CCCCCCCCCCCCCCCCCCCCC/C=C\CCCCCCCCCC. The van der Waals surface area contributed by atoms with Gasteiger partial charge in [0.15, 0.2) is 6.10 Å². The number of allylic oxidation sites excluding steroid dienone is 4. The third kappa shape index (κ3) is 62.6. The maximum atomic E-state index is 12.9. The van der Waals surface area contributed by atoms with Gasteiger partial charge in [0, 0.05) is 19.3 Å². The van der Waals surface area contributed by atoms with Crippen molar-refractivity contribution in [1.82, 2.24) is 0 Å². The quantitative estimate of drug-likeness (QED) is 0.0261. The molecule has 0 aromatic rings. The van der Waals surface area contributed by atoms with Crippen LogP contribution in [0.5, 0.6) is 0 Å². The van der Waals surface area contributed by atoms with E-state index in [0.29, 0.717) is 19.3 Å². The Labute approximate surface area is 468 Å². The van der Waals surface area contributed by atoms with Crippen molar-refractivity contribution >= 4 is 17.9 Å². The highest BCUT2D eigenvalue weighted by Crippen LogP contribution is 2.18. The van der Waals surface area contributed by atoms with E-state index in [1.54, 1.807) is 0 Å². The highest BCUT2D eigenvalue weighted by Gasteiger charge is 2.19. The van der Waals surface area contributed by atoms with E-state index in [4.69, 9.17) is 14.2 Å². The van der Waals surface area contributed by atoms with Crippen LogP contribution in [-0.2, 0) is 28.6 Å². The average Bonchev–Trinajstić information content (AvgIpc) is 3.41. The summed E-state index contributed by atoms with van der Waals surface area (Å²) in [5, 5.41) is 0. The first kappa shape index (κ1) is 72.9. The lowest BCUT2D eigenvalue weighted by Crippen LogP contribution is -2.30. The molecule has 0 fully saturated rings. The van der Waals surface area contributed by atoms with E-state index in [0.717, 1.165) is 64.2 Å². The molecule has 0 aliphatic heterocycles. The smallest absolute Gasteiger partial charge is 0.306 e. The maximum Gasteiger partial charge on any atom is 0.306 e. The highest BCUT2D eigenvalue weighted by molar-refractivity contribution is 5.71. The van der Waals surface area contributed by atoms with E-state index in [1.165, 1.54) is 276 Å². The van der Waals surface area contributed by atoms with E-state index < -0.39 is 6.10 Å². The van der Waals surface area contributed by atoms with E-state index in [2.05, 4.69) is 45.1 Å². The van der Waals surface area contributed by atoms with Crippen molar-refractivity contribution in [1.29, 1.82) is 0 Å². The molecule has 1 atom stereocenters. The van der Waals surface area contributed by atoms with E-state index in [1.807, 2.05) is 0 Å². The zero-order valence-corrected chi connectivity index (χ0v) is 50.8. The molecule has 0 heterocycles. The van der Waals surface area contributed by atoms with Gasteiger partial charge in [-0.2, -0.15) is 0 Å². The van der Waals surface area contributed by atoms with Gasteiger partial charge in [0.05, 0.1) is 0 Å². The summed E-state index contributed by atoms with van der Waals surface area (Å²) in [5.74, 6) is -0.851. The number of ether oxygens (including phenoxy) is 3. The van der Waals surface area contributed by atoms with Gasteiger partial charge >= 0.3 is 17.9 Å². The summed E-state index contributed by atoms with van der Waals surface area (Å²) in [6.45, 7) is 6.68. The Morgan fingerprint density at radius 1 is 0.253 bits per heavy atom. The molecule has 0 radical (unpaired) electrons. The topological polar surface area (TPSA) is 78.9 Å². The van der Waals surface area contributed by atoms with Crippen molar-refractivity contribution in [3.63, 3.8) is 0 Å². The minimum absolute atomic E-state index is 0.0687. The molecular weight excluding hydrogens is 925 g/mol. The van der Waals surface area contributed by atoms with Crippen LogP contribution in [-0.4, -0.2) is 37.2 Å². The molecule has 0 rings (SSSR count). The van der Waals surface area contributed by atoms with E-state index in [-0.39, 0.29) is 31.1 Å². The predicted octanol–water partition coefficient (Wildman–Crippen LogP) is 23.0. The summed E-state index contributed by atoms with van der Waals surface area (Å²) in [6, 6.07) is 0. The van der Waals surface area contributed by atoms with Gasteiger partial charge in [-0.15, -0.1) is 0 Å². The molecule has 0 aromatic heterocycles. The number of rotatable bonds is 63. The first-order chi connectivity index (χ1) is 37.0. The van der Waals surface area contributed by atoms with Crippen molar-refractivity contribution in [2.24, 2.45) is 0 Å². The van der Waals surface area contributed by atoms with Crippen LogP contribution in [0.2, 0.25) is 0 Å². The molecule has 0 saturated heterocycles. The number of carbonyl (C=O) groups is 3. The van der Waals surface area contributed by atoms with Crippen molar-refractivity contribution in [3.8, 4) is 0 Å². The standard InChI is InChI=1S/C69H130O6/c1-4-7-10-13-16-19-22-25-26-27-28-29-30-31-32-33-34-35-36-37-38-39-40-41-42-45-47-50-53-56-59-62-68(71)74-65-66(75-69(72)63-60-57-54-51-48-44-24-21-18-15-12-9-6-3)64-73-67(70)61-58-55-52-49-46-43-23-20-17-14-11-8-5-2/h21,24,27-28,66H,4-20,22-23,25-26,29-65H2,1-3H3/b24-21-,28-27-. The fourth-order valence-electron chi connectivity index (χ4n) is 10.3. The molecule has 6 heteroatoms. The zero-order chi connectivity index (χ0) is 54.3. The lowest BCUT2D eigenvalue weighted by Gasteiger charge is -2.18. The molecule has 1 unspecified atom stereocenters. The molecule has 0 saturated carbocycles. The highest BCUT2D eigenvalue weighted by atomic mass is 16.6. The Hall–Kier alpha value is -2.11. The first-order valence-corrected chi connectivity index (χ1v) is 33.8. The number of carbonyl (C=O) groups excluding carboxylic acids is 3. The summed E-state index contributed by atoms with van der Waals surface area (Å²) in [7, 11) is 0. The van der Waals surface area contributed by atoms with Gasteiger partial charge in [0.25, 0.3) is 0 Å². The molecule has 0 N–H and O–H groups in total. The Morgan fingerprint density at radius 3 is 0.680 bits per heavy atom. The summed E-state index contributed by atoms with van der Waals surface area (Å²) in [6.07, 6.45) is 77.9. The lowest BCUT2D eigenvalue weighted by molar-refractivity contribution is -0.167. The number of esters is 3. The Balaban J connectivity index is 4.07. The number of unbranched alkanes of at least 4 members (excludes halogenated alkanes) is 48. The largest absolute Gasteiger partial charge is 0.462 e. The third-order valence-electron chi connectivity index (χ3n) is 15.4. The van der Waals surface area contributed by atoms with Crippen LogP contribution in [0, 0.1) is 0 Å². The fraction of sp³-hybridized carbons (Fsp3) is 0.899. The average molecular weight is 1060 g/mol. The molecule has 0 bridgehead atoms. The van der Waals surface area contributed by atoms with Gasteiger partial charge in [-0.1, -0.05) is 315 Å². The minimum Gasteiger partial charge on any atom is -0.462 e. The Bertz CT molecular complexity index is 1210. The van der Waals surface area contributed by atoms with Gasteiger partial charge in [-0.3, -0.25) is 14.4 Å². The van der Waals surface area contributed by atoms with Crippen molar-refractivity contribution in [2.45, 2.75) is 386 Å². The fourth-order valence-corrected chi connectivity index (χ4v) is 10.3. The van der Waals surface area contributed by atoms with Crippen LogP contribution in [0.25, 0.3) is 0 Å². The molecule has 0 aromatic carbocycles. The monoisotopic (exact) mass is 1050 g/mol. The lowest BCUT2D eigenvalue weighted by atomic mass is 10.0. The van der Waals surface area contributed by atoms with E-state index >= 15 is 0 Å². The van der Waals surface area contributed by atoms with Gasteiger partial charge in [0.1, 0.15) is 13.2 Å². The molecule has 442 valence electrons. The second-order valence-corrected chi connectivity index (χ2v) is 23.1. The minimum atomic E-state index is -0.771. The van der Waals surface area contributed by atoms with Crippen LogP contribution >= 0.6 is 0 Å². The van der Waals surface area contributed by atoms with Gasteiger partial charge in [-0.25, -0.2) is 0 Å².